The third kappa shape index (κ3) is 6.20. The van der Waals surface area contributed by atoms with Crippen LogP contribution in [0, 0.1) is 0 Å². The Balaban J connectivity index is 1.73. The van der Waals surface area contributed by atoms with Gasteiger partial charge in [-0.25, -0.2) is 14.9 Å². The zero-order chi connectivity index (χ0) is 23.5. The summed E-state index contributed by atoms with van der Waals surface area (Å²) < 4.78 is 13.3. The van der Waals surface area contributed by atoms with E-state index in [4.69, 9.17) is 14.5 Å². The molecule has 2 N–H and O–H groups in total. The summed E-state index contributed by atoms with van der Waals surface area (Å²) >= 11 is 0. The first-order valence-corrected chi connectivity index (χ1v) is 14.6. The van der Waals surface area contributed by atoms with Crippen LogP contribution in [0.3, 0.4) is 0 Å². The first kappa shape index (κ1) is 24.0. The molecule has 3 aromatic rings. The number of ether oxygens (including phenoxy) is 2. The molecule has 0 aliphatic heterocycles. The summed E-state index contributed by atoms with van der Waals surface area (Å²) in [5.41, 5.74) is 2.54. The van der Waals surface area contributed by atoms with Gasteiger partial charge in [0.25, 0.3) is 0 Å². The van der Waals surface area contributed by atoms with Gasteiger partial charge >= 0.3 is 5.69 Å². The molecule has 2 aromatic heterocycles. The average Bonchev–Trinajstić information content (AvgIpc) is 3.30. The van der Waals surface area contributed by atoms with Crippen LogP contribution in [-0.4, -0.2) is 39.4 Å². The lowest BCUT2D eigenvalue weighted by Crippen LogP contribution is -2.21. The summed E-state index contributed by atoms with van der Waals surface area (Å²) in [7, 11) is 0.577. The molecule has 174 valence electrons. The maximum absolute atomic E-state index is 11.6. The zero-order valence-corrected chi connectivity index (χ0v) is 21.2. The van der Waals surface area contributed by atoms with Crippen LogP contribution in [0.25, 0.3) is 11.4 Å². The fourth-order valence-electron chi connectivity index (χ4n) is 3.18. The van der Waals surface area contributed by atoms with Crippen molar-refractivity contribution in [2.24, 2.45) is 7.05 Å². The number of nitrogens with one attached hydrogen (secondary N) is 2. The van der Waals surface area contributed by atoms with E-state index < -0.39 is 8.07 Å². The van der Waals surface area contributed by atoms with E-state index in [0.717, 1.165) is 41.0 Å². The van der Waals surface area contributed by atoms with Crippen LogP contribution in [0.5, 0.6) is 5.75 Å². The van der Waals surface area contributed by atoms with Crippen molar-refractivity contribution in [3.8, 4) is 17.1 Å². The molecule has 0 saturated heterocycles. The molecular formula is C23H35N5O3Si. The highest BCUT2D eigenvalue weighted by atomic mass is 28.3. The Morgan fingerprint density at radius 1 is 1.16 bits per heavy atom. The molecule has 0 fully saturated rings. The van der Waals surface area contributed by atoms with E-state index in [1.165, 1.54) is 4.57 Å². The molecule has 0 spiro atoms. The van der Waals surface area contributed by atoms with Gasteiger partial charge < -0.3 is 14.5 Å². The Hall–Kier alpha value is -2.65. The Morgan fingerprint density at radius 2 is 1.91 bits per heavy atom. The minimum atomic E-state index is -1.09. The number of benzene rings is 1. The normalized spacial score (nSPS) is 12.3. The smallest absolute Gasteiger partial charge is 0.343 e. The van der Waals surface area contributed by atoms with Crippen molar-refractivity contribution in [3.05, 3.63) is 52.0 Å². The molecule has 0 saturated carbocycles. The van der Waals surface area contributed by atoms with Gasteiger partial charge in [0.15, 0.2) is 5.82 Å². The third-order valence-electron chi connectivity index (χ3n) is 5.27. The van der Waals surface area contributed by atoms with Gasteiger partial charge in [0, 0.05) is 39.1 Å². The van der Waals surface area contributed by atoms with Crippen molar-refractivity contribution < 1.29 is 9.47 Å². The van der Waals surface area contributed by atoms with E-state index in [-0.39, 0.29) is 17.7 Å². The number of nitrogens with zero attached hydrogens (tertiary/aromatic N) is 3. The summed E-state index contributed by atoms with van der Waals surface area (Å²) in [5.74, 6) is 2.11. The summed E-state index contributed by atoms with van der Waals surface area (Å²) in [5, 5.41) is 6.44. The predicted octanol–water partition coefficient (Wildman–Crippen LogP) is 4.23. The Labute approximate surface area is 190 Å². The molecule has 2 heterocycles. The van der Waals surface area contributed by atoms with E-state index in [1.807, 2.05) is 18.3 Å². The van der Waals surface area contributed by atoms with E-state index >= 15 is 0 Å². The average molecular weight is 458 g/mol. The maximum Gasteiger partial charge on any atom is 0.343 e. The summed E-state index contributed by atoms with van der Waals surface area (Å²) in [6, 6.07) is 7.19. The number of rotatable bonds is 9. The minimum Gasteiger partial charge on any atom is -0.485 e. The van der Waals surface area contributed by atoms with Gasteiger partial charge in [-0.1, -0.05) is 40.4 Å². The van der Waals surface area contributed by atoms with E-state index in [9.17, 15) is 4.79 Å². The number of H-pyrrole nitrogens is 2. The molecule has 0 unspecified atom stereocenters. The number of aromatic amines is 2. The van der Waals surface area contributed by atoms with Crippen molar-refractivity contribution in [1.29, 1.82) is 0 Å². The molecule has 0 amide bonds. The highest BCUT2D eigenvalue weighted by Gasteiger charge is 2.21. The second-order valence-corrected chi connectivity index (χ2v) is 16.0. The van der Waals surface area contributed by atoms with Gasteiger partial charge in [-0.15, -0.1) is 0 Å². The van der Waals surface area contributed by atoms with E-state index in [1.54, 1.807) is 7.05 Å². The topological polar surface area (TPSA) is 97.8 Å². The molecule has 0 radical (unpaired) electrons. The second-order valence-electron chi connectivity index (χ2n) is 10.4. The summed E-state index contributed by atoms with van der Waals surface area (Å²) in [6.07, 6.45) is 1.91. The second kappa shape index (κ2) is 9.46. The lowest BCUT2D eigenvalue weighted by molar-refractivity contribution is 0.131. The molecular weight excluding hydrogens is 422 g/mol. The monoisotopic (exact) mass is 457 g/mol. The highest BCUT2D eigenvalue weighted by Crippen LogP contribution is 2.35. The van der Waals surface area contributed by atoms with Crippen molar-refractivity contribution in [3.63, 3.8) is 0 Å². The van der Waals surface area contributed by atoms with Crippen LogP contribution in [0.1, 0.15) is 37.9 Å². The third-order valence-corrected chi connectivity index (χ3v) is 6.97. The SMILES string of the molecule is Cn1c(COc2ccc(-c3nc(COCC[Si](C)(C)C)c[nH]3)cc2C(C)(C)C)n[nH]c1=O. The molecule has 0 aliphatic rings. The number of imidazole rings is 1. The quantitative estimate of drug-likeness (QED) is 0.370. The molecule has 0 atom stereocenters. The van der Waals surface area contributed by atoms with Crippen LogP contribution < -0.4 is 10.4 Å². The van der Waals surface area contributed by atoms with Crippen LogP contribution in [0.2, 0.25) is 25.7 Å². The molecule has 9 heteroatoms. The van der Waals surface area contributed by atoms with Crippen molar-refractivity contribution in [2.75, 3.05) is 6.61 Å². The molecule has 1 aromatic carbocycles. The van der Waals surface area contributed by atoms with Gasteiger partial charge in [-0.3, -0.25) is 4.57 Å². The van der Waals surface area contributed by atoms with Crippen LogP contribution in [0.15, 0.2) is 29.2 Å². The molecule has 3 rings (SSSR count). The molecule has 0 aliphatic carbocycles. The van der Waals surface area contributed by atoms with Gasteiger partial charge in [0.1, 0.15) is 18.2 Å². The maximum atomic E-state index is 11.6. The largest absolute Gasteiger partial charge is 0.485 e. The van der Waals surface area contributed by atoms with Crippen molar-refractivity contribution >= 4 is 8.07 Å². The van der Waals surface area contributed by atoms with Gasteiger partial charge in [0.05, 0.1) is 12.3 Å². The van der Waals surface area contributed by atoms with E-state index in [0.29, 0.717) is 12.4 Å². The molecule has 32 heavy (non-hydrogen) atoms. The Bertz CT molecular complexity index is 1100. The van der Waals surface area contributed by atoms with Gasteiger partial charge in [0.2, 0.25) is 0 Å². The lowest BCUT2D eigenvalue weighted by Gasteiger charge is -2.23. The predicted molar refractivity (Wildman–Crippen MR) is 129 cm³/mol. The fraction of sp³-hybridized carbons (Fsp3) is 0.522. The number of hydrogen-bond donors (Lipinski definition) is 2. The fourth-order valence-corrected chi connectivity index (χ4v) is 3.93. The van der Waals surface area contributed by atoms with Crippen molar-refractivity contribution in [2.45, 2.75) is 65.1 Å². The lowest BCUT2D eigenvalue weighted by atomic mass is 9.85. The molecule has 0 bridgehead atoms. The minimum absolute atomic E-state index is 0.141. The number of hydrogen-bond acceptors (Lipinski definition) is 5. The van der Waals surface area contributed by atoms with Crippen LogP contribution in [-0.2, 0) is 30.4 Å². The Morgan fingerprint density at radius 3 is 2.53 bits per heavy atom. The first-order valence-electron chi connectivity index (χ1n) is 10.9. The van der Waals surface area contributed by atoms with Crippen molar-refractivity contribution in [1.82, 2.24) is 24.7 Å². The van der Waals surface area contributed by atoms with E-state index in [2.05, 4.69) is 61.7 Å². The summed E-state index contributed by atoms with van der Waals surface area (Å²) in [4.78, 5) is 19.6. The Kier molecular flexibility index (Phi) is 7.09. The first-order chi connectivity index (χ1) is 14.9. The van der Waals surface area contributed by atoms with Gasteiger partial charge in [-0.2, -0.15) is 5.10 Å². The summed E-state index contributed by atoms with van der Waals surface area (Å²) in [6.45, 7) is 15.0. The van der Waals surface area contributed by atoms with Crippen LogP contribution in [0.4, 0.5) is 0 Å². The molecule has 8 nitrogen and oxygen atoms in total. The number of aromatic nitrogens is 5. The zero-order valence-electron chi connectivity index (χ0n) is 20.2. The highest BCUT2D eigenvalue weighted by molar-refractivity contribution is 6.76. The van der Waals surface area contributed by atoms with Gasteiger partial charge in [-0.05, 0) is 29.7 Å². The standard InChI is InChI=1S/C23H35N5O3Si/c1-23(2,3)18-12-16(8-9-19(18)31-15-20-26-27-22(29)28(20)4)21-24-13-17(25-21)14-30-10-11-32(5,6)7/h8-9,12-13H,10-11,14-15H2,1-7H3,(H,24,25)(H,27,29). The van der Waals surface area contributed by atoms with Crippen LogP contribution >= 0.6 is 0 Å².